The van der Waals surface area contributed by atoms with Crippen LogP contribution in [0.15, 0.2) is 67.4 Å². The van der Waals surface area contributed by atoms with E-state index in [-0.39, 0.29) is 0 Å². The number of imidazole rings is 1. The first-order valence-corrected chi connectivity index (χ1v) is 10.6. The molecule has 33 heavy (non-hydrogen) atoms. The Morgan fingerprint density at radius 3 is 2.36 bits per heavy atom. The molecule has 0 saturated heterocycles. The number of nitrogens with zero attached hydrogens (tertiary/aromatic N) is 5. The Kier molecular flexibility index (Phi) is 5.38. The van der Waals surface area contributed by atoms with Gasteiger partial charge in [-0.05, 0) is 62.1 Å². The summed E-state index contributed by atoms with van der Waals surface area (Å²) >= 11 is 0. The monoisotopic (exact) mass is 441 g/mol. The second-order valence-electron chi connectivity index (χ2n) is 8.06. The van der Waals surface area contributed by atoms with Crippen molar-refractivity contribution in [1.29, 1.82) is 0 Å². The first kappa shape index (κ1) is 20.9. The lowest BCUT2D eigenvalue weighted by molar-refractivity contribution is 0.584. The summed E-state index contributed by atoms with van der Waals surface area (Å²) in [6.07, 6.45) is 10.1. The van der Waals surface area contributed by atoms with E-state index in [0.717, 1.165) is 46.3 Å². The number of rotatable bonds is 5. The molecule has 5 rings (SSSR count). The van der Waals surface area contributed by atoms with Gasteiger partial charge in [-0.2, -0.15) is 0 Å². The Balaban J connectivity index is 1.40. The Bertz CT molecular complexity index is 1460. The predicted molar refractivity (Wildman–Crippen MR) is 123 cm³/mol. The maximum absolute atomic E-state index is 13.7. The summed E-state index contributed by atoms with van der Waals surface area (Å²) in [7, 11) is 0. The second kappa shape index (κ2) is 8.50. The highest BCUT2D eigenvalue weighted by molar-refractivity contribution is 5.65. The van der Waals surface area contributed by atoms with Gasteiger partial charge >= 0.3 is 0 Å². The lowest BCUT2D eigenvalue weighted by Gasteiger charge is -2.09. The summed E-state index contributed by atoms with van der Waals surface area (Å²) in [6, 6.07) is 9.59. The molecule has 0 aliphatic carbocycles. The number of halogens is 2. The van der Waals surface area contributed by atoms with Gasteiger partial charge in [0.15, 0.2) is 5.65 Å². The van der Waals surface area contributed by atoms with Gasteiger partial charge < -0.3 is 0 Å². The molecular formula is C26H21F2N5. The maximum Gasteiger partial charge on any atom is 0.159 e. The molecule has 1 aromatic carbocycles. The van der Waals surface area contributed by atoms with Crippen LogP contribution in [0.1, 0.15) is 22.5 Å². The smallest absolute Gasteiger partial charge is 0.159 e. The summed E-state index contributed by atoms with van der Waals surface area (Å²) in [5.74, 6) is -1.25. The van der Waals surface area contributed by atoms with Gasteiger partial charge in [0.1, 0.15) is 11.6 Å². The van der Waals surface area contributed by atoms with Crippen LogP contribution in [0.3, 0.4) is 0 Å². The number of fused-ring (bicyclic) bond motifs is 1. The van der Waals surface area contributed by atoms with Crippen molar-refractivity contribution in [2.45, 2.75) is 26.7 Å². The first-order valence-electron chi connectivity index (χ1n) is 10.6. The van der Waals surface area contributed by atoms with E-state index in [2.05, 4.69) is 32.9 Å². The van der Waals surface area contributed by atoms with E-state index in [1.54, 1.807) is 24.8 Å². The van der Waals surface area contributed by atoms with E-state index in [1.165, 1.54) is 12.1 Å². The molecule has 7 heteroatoms. The molecule has 0 saturated carbocycles. The zero-order chi connectivity index (χ0) is 22.9. The van der Waals surface area contributed by atoms with Crippen LogP contribution in [0.25, 0.3) is 28.2 Å². The van der Waals surface area contributed by atoms with Gasteiger partial charge in [-0.1, -0.05) is 6.07 Å². The van der Waals surface area contributed by atoms with Gasteiger partial charge in [0.05, 0.1) is 23.3 Å². The van der Waals surface area contributed by atoms with E-state index in [1.807, 2.05) is 29.7 Å². The number of aryl methyl sites for hydroxylation is 4. The normalized spacial score (nSPS) is 11.3. The summed E-state index contributed by atoms with van der Waals surface area (Å²) < 4.78 is 29.2. The van der Waals surface area contributed by atoms with Gasteiger partial charge in [0, 0.05) is 47.7 Å². The van der Waals surface area contributed by atoms with Crippen molar-refractivity contribution in [3.8, 4) is 22.5 Å². The zero-order valence-corrected chi connectivity index (χ0v) is 18.3. The van der Waals surface area contributed by atoms with Gasteiger partial charge in [0.25, 0.3) is 0 Å². The number of hydrogen-bond acceptors (Lipinski definition) is 4. The Labute approximate surface area is 189 Å². The van der Waals surface area contributed by atoms with Crippen LogP contribution in [-0.2, 0) is 12.8 Å². The van der Waals surface area contributed by atoms with Crippen LogP contribution in [0.2, 0.25) is 0 Å². The molecular weight excluding hydrogens is 420 g/mol. The minimum absolute atomic E-state index is 0.430. The average Bonchev–Trinajstić information content (AvgIpc) is 3.22. The van der Waals surface area contributed by atoms with E-state index < -0.39 is 11.6 Å². The fourth-order valence-electron chi connectivity index (χ4n) is 4.09. The van der Waals surface area contributed by atoms with Crippen LogP contribution in [0.5, 0.6) is 0 Å². The Hall–Kier alpha value is -4.00. The quantitative estimate of drug-likeness (QED) is 0.360. The molecule has 0 N–H and O–H groups in total. The first-order chi connectivity index (χ1) is 16.0. The molecule has 0 atom stereocenters. The molecule has 5 nitrogen and oxygen atoms in total. The van der Waals surface area contributed by atoms with Gasteiger partial charge in [-0.25, -0.2) is 13.8 Å². The zero-order valence-electron chi connectivity index (χ0n) is 18.3. The third-order valence-corrected chi connectivity index (χ3v) is 5.61. The maximum atomic E-state index is 13.7. The molecule has 0 aliphatic rings. The van der Waals surface area contributed by atoms with Crippen LogP contribution in [0.4, 0.5) is 8.78 Å². The molecule has 0 amide bonds. The number of benzene rings is 1. The molecule has 0 aliphatic heterocycles. The molecule has 0 radical (unpaired) electrons. The van der Waals surface area contributed by atoms with Crippen molar-refractivity contribution in [1.82, 2.24) is 24.3 Å². The topological polar surface area (TPSA) is 56.0 Å². The van der Waals surface area contributed by atoms with Crippen molar-refractivity contribution in [3.63, 3.8) is 0 Å². The molecule has 4 aromatic heterocycles. The van der Waals surface area contributed by atoms with E-state index in [0.29, 0.717) is 23.3 Å². The highest BCUT2D eigenvalue weighted by atomic mass is 19.1. The molecule has 0 spiro atoms. The molecule has 0 unspecified atom stereocenters. The third-order valence-electron chi connectivity index (χ3n) is 5.61. The molecule has 5 aromatic rings. The van der Waals surface area contributed by atoms with E-state index in [4.69, 9.17) is 0 Å². The minimum atomic E-state index is -0.623. The summed E-state index contributed by atoms with van der Waals surface area (Å²) in [4.78, 5) is 17.9. The average molecular weight is 441 g/mol. The second-order valence-corrected chi connectivity index (χ2v) is 8.06. The van der Waals surface area contributed by atoms with E-state index in [9.17, 15) is 8.78 Å². The largest absolute Gasteiger partial charge is 0.297 e. The summed E-state index contributed by atoms with van der Waals surface area (Å²) in [5.41, 5.74) is 7.68. The minimum Gasteiger partial charge on any atom is -0.297 e. The standard InChI is InChI=1S/C26H21F2N5/c1-16-9-18(14-31-25(16)19-5-6-29-17(2)10-19)3-4-23-26-32-15-24(33(26)8-7-30-23)20-11-21(27)13-22(28)12-20/h5-15H,3-4H2,1-2H3. The Morgan fingerprint density at radius 2 is 1.61 bits per heavy atom. The van der Waals surface area contributed by atoms with Crippen LogP contribution in [0, 0.1) is 25.5 Å². The van der Waals surface area contributed by atoms with Crippen LogP contribution >= 0.6 is 0 Å². The molecule has 0 bridgehead atoms. The fourth-order valence-corrected chi connectivity index (χ4v) is 4.09. The van der Waals surface area contributed by atoms with Gasteiger partial charge in [-0.3, -0.25) is 19.4 Å². The van der Waals surface area contributed by atoms with E-state index >= 15 is 0 Å². The lowest BCUT2D eigenvalue weighted by Crippen LogP contribution is -2.01. The SMILES string of the molecule is Cc1cc(-c2ncc(CCc3nccn4c(-c5cc(F)cc(F)c5)cnc34)cc2C)ccn1. The number of pyridine rings is 2. The third kappa shape index (κ3) is 4.22. The highest BCUT2D eigenvalue weighted by Crippen LogP contribution is 2.25. The summed E-state index contributed by atoms with van der Waals surface area (Å²) in [5, 5.41) is 0. The van der Waals surface area contributed by atoms with Crippen molar-refractivity contribution in [2.75, 3.05) is 0 Å². The predicted octanol–water partition coefficient (Wildman–Crippen LogP) is 5.53. The number of aromatic nitrogens is 5. The van der Waals surface area contributed by atoms with Crippen LogP contribution in [-0.4, -0.2) is 24.3 Å². The molecule has 164 valence electrons. The summed E-state index contributed by atoms with van der Waals surface area (Å²) in [6.45, 7) is 4.02. The van der Waals surface area contributed by atoms with Crippen molar-refractivity contribution >= 4 is 5.65 Å². The lowest BCUT2D eigenvalue weighted by atomic mass is 10.0. The molecule has 0 fully saturated rings. The van der Waals surface area contributed by atoms with Crippen LogP contribution < -0.4 is 0 Å². The fraction of sp³-hybridized carbons (Fsp3) is 0.154. The van der Waals surface area contributed by atoms with Crippen molar-refractivity contribution in [3.05, 3.63) is 102 Å². The Morgan fingerprint density at radius 1 is 0.788 bits per heavy atom. The van der Waals surface area contributed by atoms with Crippen molar-refractivity contribution < 1.29 is 8.78 Å². The van der Waals surface area contributed by atoms with Gasteiger partial charge in [-0.15, -0.1) is 0 Å². The van der Waals surface area contributed by atoms with Gasteiger partial charge in [0.2, 0.25) is 0 Å². The van der Waals surface area contributed by atoms with Crippen molar-refractivity contribution in [2.24, 2.45) is 0 Å². The number of hydrogen-bond donors (Lipinski definition) is 0. The molecule has 4 heterocycles. The highest BCUT2D eigenvalue weighted by Gasteiger charge is 2.13.